The average Bonchev–Trinajstić information content (AvgIpc) is 2.90. The largest absolute Gasteiger partial charge is 0.227 e. The first-order chi connectivity index (χ1) is 11.2. The fourth-order valence-electron chi connectivity index (χ4n) is 2.54. The van der Waals surface area contributed by atoms with Gasteiger partial charge in [0, 0.05) is 11.1 Å². The molecular weight excluding hydrogens is 465 g/mol. The van der Waals surface area contributed by atoms with E-state index in [0.29, 0.717) is 0 Å². The van der Waals surface area contributed by atoms with E-state index < -0.39 is 0 Å². The first-order valence-corrected chi connectivity index (χ1v) is 8.97. The van der Waals surface area contributed by atoms with Crippen LogP contribution in [0.15, 0.2) is 71.2 Å². The lowest BCUT2D eigenvalue weighted by molar-refractivity contribution is 0.936. The van der Waals surface area contributed by atoms with Crippen LogP contribution in [-0.2, 0) is 0 Å². The average molecular weight is 476 g/mol. The van der Waals surface area contributed by atoms with Crippen LogP contribution in [-0.4, -0.2) is 14.6 Å². The first kappa shape index (κ1) is 14.8. The number of hydrogen-bond donors (Lipinski definition) is 0. The molecule has 0 atom stereocenters. The van der Waals surface area contributed by atoms with Crippen molar-refractivity contribution in [1.82, 2.24) is 14.6 Å². The number of benzene rings is 2. The minimum atomic E-state index is 0.828. The van der Waals surface area contributed by atoms with Crippen LogP contribution < -0.4 is 0 Å². The summed E-state index contributed by atoms with van der Waals surface area (Å²) in [5, 5.41) is 4.62. The molecule has 2 aromatic heterocycles. The number of nitrogens with zero attached hydrogens (tertiary/aromatic N) is 3. The van der Waals surface area contributed by atoms with Gasteiger partial charge in [0.15, 0.2) is 5.65 Å². The number of hydrogen-bond acceptors (Lipinski definition) is 2. The highest BCUT2D eigenvalue weighted by molar-refractivity contribution is 14.1. The standard InChI is InChI=1S/C18H11BrIN3/c19-16-17(20)22-23-15(13-9-5-2-6-10-13)11-14(21-18(16)23)12-7-3-1-4-8-12/h1-11H. The molecular formula is C18H11BrIN3. The fourth-order valence-corrected chi connectivity index (χ4v) is 3.33. The zero-order chi connectivity index (χ0) is 15.8. The highest BCUT2D eigenvalue weighted by Gasteiger charge is 2.15. The van der Waals surface area contributed by atoms with E-state index in [1.165, 1.54) is 0 Å². The van der Waals surface area contributed by atoms with Gasteiger partial charge in [0.1, 0.15) is 3.70 Å². The number of rotatable bonds is 2. The smallest absolute Gasteiger partial charge is 0.171 e. The van der Waals surface area contributed by atoms with E-state index in [1.54, 1.807) is 0 Å². The van der Waals surface area contributed by atoms with Gasteiger partial charge in [0.05, 0.1) is 15.9 Å². The van der Waals surface area contributed by atoms with Crippen molar-refractivity contribution >= 4 is 44.2 Å². The summed E-state index contributed by atoms with van der Waals surface area (Å²) < 4.78 is 3.72. The molecule has 0 N–H and O–H groups in total. The predicted molar refractivity (Wildman–Crippen MR) is 104 cm³/mol. The van der Waals surface area contributed by atoms with Gasteiger partial charge in [-0.1, -0.05) is 60.7 Å². The van der Waals surface area contributed by atoms with Crippen LogP contribution in [0.4, 0.5) is 0 Å². The van der Waals surface area contributed by atoms with Gasteiger partial charge >= 0.3 is 0 Å². The molecule has 2 heterocycles. The lowest BCUT2D eigenvalue weighted by Gasteiger charge is -2.08. The number of halogens is 2. The Morgan fingerprint density at radius 2 is 1.48 bits per heavy atom. The van der Waals surface area contributed by atoms with Crippen molar-refractivity contribution in [1.29, 1.82) is 0 Å². The van der Waals surface area contributed by atoms with Crippen LogP contribution in [0.25, 0.3) is 28.2 Å². The third-order valence-corrected chi connectivity index (χ3v) is 5.86. The summed E-state index contributed by atoms with van der Waals surface area (Å²) >= 11 is 5.83. The predicted octanol–water partition coefficient (Wildman–Crippen LogP) is 5.43. The lowest BCUT2D eigenvalue weighted by atomic mass is 10.1. The molecule has 0 bridgehead atoms. The summed E-state index contributed by atoms with van der Waals surface area (Å²) in [6.45, 7) is 0. The molecule has 112 valence electrons. The van der Waals surface area contributed by atoms with Crippen molar-refractivity contribution in [2.75, 3.05) is 0 Å². The number of fused-ring (bicyclic) bond motifs is 1. The summed E-state index contributed by atoms with van der Waals surface area (Å²) in [6.07, 6.45) is 0. The Bertz CT molecular complexity index is 982. The minimum Gasteiger partial charge on any atom is -0.227 e. The third kappa shape index (κ3) is 2.68. The summed E-state index contributed by atoms with van der Waals surface area (Å²) in [4.78, 5) is 4.80. The van der Waals surface area contributed by atoms with Crippen molar-refractivity contribution in [2.45, 2.75) is 0 Å². The Labute approximate surface area is 155 Å². The van der Waals surface area contributed by atoms with E-state index in [9.17, 15) is 0 Å². The van der Waals surface area contributed by atoms with Crippen molar-refractivity contribution in [2.24, 2.45) is 0 Å². The molecule has 0 saturated carbocycles. The van der Waals surface area contributed by atoms with Crippen LogP contribution in [0.2, 0.25) is 0 Å². The molecule has 3 nitrogen and oxygen atoms in total. The second-order valence-corrected chi connectivity index (χ2v) is 6.91. The molecule has 4 rings (SSSR count). The highest BCUT2D eigenvalue weighted by Crippen LogP contribution is 2.30. The van der Waals surface area contributed by atoms with E-state index in [-0.39, 0.29) is 0 Å². The Hall–Kier alpha value is -1.73. The third-order valence-electron chi connectivity index (χ3n) is 3.63. The molecule has 0 aliphatic heterocycles. The second-order valence-electron chi connectivity index (χ2n) is 5.10. The van der Waals surface area contributed by atoms with E-state index in [4.69, 9.17) is 4.98 Å². The first-order valence-electron chi connectivity index (χ1n) is 7.09. The molecule has 0 unspecified atom stereocenters. The van der Waals surface area contributed by atoms with Gasteiger partial charge in [0.25, 0.3) is 0 Å². The van der Waals surface area contributed by atoms with Crippen molar-refractivity contribution < 1.29 is 0 Å². The van der Waals surface area contributed by atoms with Crippen LogP contribution in [0.1, 0.15) is 0 Å². The van der Waals surface area contributed by atoms with Gasteiger partial charge in [-0.15, -0.1) is 0 Å². The lowest BCUT2D eigenvalue weighted by Crippen LogP contribution is -1.98. The molecule has 0 aliphatic rings. The zero-order valence-electron chi connectivity index (χ0n) is 11.9. The molecule has 5 heteroatoms. The maximum Gasteiger partial charge on any atom is 0.171 e. The molecule has 0 amide bonds. The summed E-state index contributed by atoms with van der Waals surface area (Å²) in [6, 6.07) is 22.6. The Morgan fingerprint density at radius 3 is 2.13 bits per heavy atom. The van der Waals surface area contributed by atoms with E-state index in [1.807, 2.05) is 40.9 Å². The van der Waals surface area contributed by atoms with Crippen molar-refractivity contribution in [3.63, 3.8) is 0 Å². The molecule has 23 heavy (non-hydrogen) atoms. The number of aromatic nitrogens is 3. The quantitative estimate of drug-likeness (QED) is 0.362. The van der Waals surface area contributed by atoms with Gasteiger partial charge in [0.2, 0.25) is 0 Å². The van der Waals surface area contributed by atoms with Gasteiger partial charge < -0.3 is 0 Å². The zero-order valence-corrected chi connectivity index (χ0v) is 15.7. The second kappa shape index (κ2) is 6.05. The van der Waals surface area contributed by atoms with Crippen LogP contribution in [0.5, 0.6) is 0 Å². The fraction of sp³-hybridized carbons (Fsp3) is 0. The minimum absolute atomic E-state index is 0.828. The maximum absolute atomic E-state index is 4.80. The maximum atomic E-state index is 4.80. The van der Waals surface area contributed by atoms with Crippen LogP contribution in [0.3, 0.4) is 0 Å². The van der Waals surface area contributed by atoms with Crippen molar-refractivity contribution in [3.05, 3.63) is 74.9 Å². The summed E-state index contributed by atoms with van der Waals surface area (Å²) in [5.74, 6) is 0. The molecule has 0 saturated heterocycles. The van der Waals surface area contributed by atoms with E-state index in [0.717, 1.165) is 36.3 Å². The normalized spacial score (nSPS) is 11.0. The van der Waals surface area contributed by atoms with Gasteiger partial charge in [-0.05, 0) is 44.6 Å². The van der Waals surface area contributed by atoms with Crippen molar-refractivity contribution in [3.8, 4) is 22.5 Å². The molecule has 0 aliphatic carbocycles. The van der Waals surface area contributed by atoms with Crippen LogP contribution in [0, 0.1) is 3.70 Å². The molecule has 0 fully saturated rings. The molecule has 4 aromatic rings. The molecule has 0 spiro atoms. The van der Waals surface area contributed by atoms with E-state index in [2.05, 4.69) is 74.0 Å². The summed E-state index contributed by atoms with van der Waals surface area (Å²) in [5.41, 5.74) is 5.00. The topological polar surface area (TPSA) is 30.2 Å². The molecule has 2 aromatic carbocycles. The SMILES string of the molecule is Brc1c(I)nn2c(-c3ccccc3)cc(-c3ccccc3)nc12. The Kier molecular flexibility index (Phi) is 3.90. The van der Waals surface area contributed by atoms with E-state index >= 15 is 0 Å². The Morgan fingerprint density at radius 1 is 0.870 bits per heavy atom. The monoisotopic (exact) mass is 475 g/mol. The highest BCUT2D eigenvalue weighted by atomic mass is 127. The van der Waals surface area contributed by atoms with Crippen LogP contribution >= 0.6 is 38.5 Å². The van der Waals surface area contributed by atoms with Gasteiger partial charge in [-0.25, -0.2) is 9.50 Å². The van der Waals surface area contributed by atoms with Gasteiger partial charge in [-0.2, -0.15) is 5.10 Å². The Balaban J connectivity index is 2.06. The van der Waals surface area contributed by atoms with Gasteiger partial charge in [-0.3, -0.25) is 0 Å². The molecule has 0 radical (unpaired) electrons. The summed E-state index contributed by atoms with van der Waals surface area (Å²) in [7, 11) is 0.